The van der Waals surface area contributed by atoms with Gasteiger partial charge < -0.3 is 19.3 Å². The van der Waals surface area contributed by atoms with Crippen LogP contribution in [0.2, 0.25) is 10.0 Å². The Bertz CT molecular complexity index is 799. The molecule has 2 aromatic rings. The first-order chi connectivity index (χ1) is 14.6. The van der Waals surface area contributed by atoms with Gasteiger partial charge >= 0.3 is 0 Å². The Morgan fingerprint density at radius 3 is 2.10 bits per heavy atom. The molecule has 0 saturated carbocycles. The molecule has 0 radical (unpaired) electrons. The molecule has 0 heterocycles. The highest BCUT2D eigenvalue weighted by atomic mass is 35.5. The van der Waals surface area contributed by atoms with Gasteiger partial charge in [-0.2, -0.15) is 0 Å². The molecule has 0 aromatic heterocycles. The summed E-state index contributed by atoms with van der Waals surface area (Å²) in [6.45, 7) is 8.94. The van der Waals surface area contributed by atoms with Crippen molar-refractivity contribution in [2.45, 2.75) is 51.7 Å². The van der Waals surface area contributed by atoms with Crippen LogP contribution in [0.5, 0.6) is 11.5 Å². The largest absolute Gasteiger partial charge is 0.491 e. The number of aliphatic hydroxyl groups is 1. The SMILES string of the molecule is CC(C)OC[C@@H](O)COc1ccc(C(C)(C)c2cc(Cl)c(OCCCCl)c(Cl)c2)cc1. The molecule has 0 spiro atoms. The maximum atomic E-state index is 9.94. The van der Waals surface area contributed by atoms with Crippen molar-refractivity contribution in [3.05, 3.63) is 57.6 Å². The van der Waals surface area contributed by atoms with E-state index in [1.807, 2.05) is 50.2 Å². The molecular weight excluding hydrogens is 459 g/mol. The van der Waals surface area contributed by atoms with Gasteiger partial charge in [-0.05, 0) is 55.7 Å². The zero-order chi connectivity index (χ0) is 23.0. The highest BCUT2D eigenvalue weighted by Crippen LogP contribution is 2.40. The topological polar surface area (TPSA) is 47.9 Å². The van der Waals surface area contributed by atoms with Crippen LogP contribution in [0.3, 0.4) is 0 Å². The number of hydrogen-bond donors (Lipinski definition) is 1. The lowest BCUT2D eigenvalue weighted by molar-refractivity contribution is -0.0122. The minimum Gasteiger partial charge on any atom is -0.491 e. The summed E-state index contributed by atoms with van der Waals surface area (Å²) in [6, 6.07) is 11.6. The average molecular weight is 490 g/mol. The predicted octanol–water partition coefficient (Wildman–Crippen LogP) is 6.49. The van der Waals surface area contributed by atoms with E-state index in [0.29, 0.717) is 34.0 Å². The van der Waals surface area contributed by atoms with Crippen molar-refractivity contribution in [3.8, 4) is 11.5 Å². The van der Waals surface area contributed by atoms with E-state index in [1.54, 1.807) is 0 Å². The van der Waals surface area contributed by atoms with E-state index in [-0.39, 0.29) is 24.7 Å². The second-order valence-corrected chi connectivity index (χ2v) is 9.35. The van der Waals surface area contributed by atoms with Gasteiger partial charge in [-0.15, -0.1) is 11.6 Å². The fourth-order valence-electron chi connectivity index (χ4n) is 2.97. The maximum Gasteiger partial charge on any atom is 0.156 e. The molecule has 2 rings (SSSR count). The third-order valence-corrected chi connectivity index (χ3v) is 5.71. The molecule has 1 N–H and O–H groups in total. The number of halogens is 3. The third-order valence-electron chi connectivity index (χ3n) is 4.88. The summed E-state index contributed by atoms with van der Waals surface area (Å²) >= 11 is 18.6. The smallest absolute Gasteiger partial charge is 0.156 e. The molecule has 0 bridgehead atoms. The summed E-state index contributed by atoms with van der Waals surface area (Å²) in [5.74, 6) is 1.68. The molecule has 31 heavy (non-hydrogen) atoms. The van der Waals surface area contributed by atoms with Gasteiger partial charge in [0.2, 0.25) is 0 Å². The number of hydrogen-bond acceptors (Lipinski definition) is 4. The first kappa shape index (κ1) is 26.1. The molecule has 1 atom stereocenters. The Morgan fingerprint density at radius 2 is 1.55 bits per heavy atom. The Labute approximate surface area is 200 Å². The summed E-state index contributed by atoms with van der Waals surface area (Å²) in [4.78, 5) is 0. The minimum absolute atomic E-state index is 0.0736. The van der Waals surface area contributed by atoms with Crippen molar-refractivity contribution in [3.63, 3.8) is 0 Å². The van der Waals surface area contributed by atoms with Gasteiger partial charge in [0.05, 0.1) is 29.4 Å². The molecule has 0 unspecified atom stereocenters. The number of ether oxygens (including phenoxy) is 3. The van der Waals surface area contributed by atoms with Gasteiger partial charge in [0, 0.05) is 11.3 Å². The van der Waals surface area contributed by atoms with Gasteiger partial charge in [-0.25, -0.2) is 0 Å². The molecular formula is C24H31Cl3O4. The Kier molecular flexibility index (Phi) is 10.2. The molecule has 7 heteroatoms. The first-order valence-corrected chi connectivity index (χ1v) is 11.7. The lowest BCUT2D eigenvalue weighted by Gasteiger charge is -2.27. The van der Waals surface area contributed by atoms with Crippen LogP contribution in [0.25, 0.3) is 0 Å². The molecule has 0 saturated heterocycles. The Hall–Kier alpha value is -1.17. The van der Waals surface area contributed by atoms with Crippen molar-refractivity contribution in [2.24, 2.45) is 0 Å². The number of rotatable bonds is 12. The van der Waals surface area contributed by atoms with Crippen LogP contribution in [-0.2, 0) is 10.2 Å². The summed E-state index contributed by atoms with van der Waals surface area (Å²) in [5.41, 5.74) is 1.71. The molecule has 0 aliphatic heterocycles. The zero-order valence-electron chi connectivity index (χ0n) is 18.5. The minimum atomic E-state index is -0.673. The lowest BCUT2D eigenvalue weighted by atomic mass is 9.78. The molecule has 0 fully saturated rings. The van der Waals surface area contributed by atoms with Crippen molar-refractivity contribution < 1.29 is 19.3 Å². The predicted molar refractivity (Wildman–Crippen MR) is 128 cm³/mol. The van der Waals surface area contributed by atoms with Gasteiger partial charge in [0.15, 0.2) is 5.75 Å². The number of aliphatic hydroxyl groups excluding tert-OH is 1. The summed E-state index contributed by atoms with van der Waals surface area (Å²) < 4.78 is 16.7. The van der Waals surface area contributed by atoms with Gasteiger partial charge in [-0.3, -0.25) is 0 Å². The monoisotopic (exact) mass is 488 g/mol. The van der Waals surface area contributed by atoms with Crippen LogP contribution in [-0.4, -0.2) is 43.0 Å². The molecule has 0 amide bonds. The van der Waals surface area contributed by atoms with Crippen molar-refractivity contribution >= 4 is 34.8 Å². The maximum absolute atomic E-state index is 9.94. The van der Waals surface area contributed by atoms with E-state index >= 15 is 0 Å². The Morgan fingerprint density at radius 1 is 0.935 bits per heavy atom. The standard InChI is InChI=1S/C24H31Cl3O4/c1-16(2)30-14-19(28)15-31-20-8-6-17(7-9-20)24(3,4)18-12-21(26)23(22(27)13-18)29-11-5-10-25/h6-9,12-13,16,19,28H,5,10-11,14-15H2,1-4H3/t19-/m1/s1. The van der Waals surface area contributed by atoms with Crippen LogP contribution >= 0.6 is 34.8 Å². The van der Waals surface area contributed by atoms with E-state index in [4.69, 9.17) is 49.0 Å². The lowest BCUT2D eigenvalue weighted by Crippen LogP contribution is -2.25. The second-order valence-electron chi connectivity index (χ2n) is 8.16. The molecule has 0 aliphatic rings. The molecule has 2 aromatic carbocycles. The molecule has 4 nitrogen and oxygen atoms in total. The third kappa shape index (κ3) is 7.73. The highest BCUT2D eigenvalue weighted by Gasteiger charge is 2.25. The van der Waals surface area contributed by atoms with Crippen LogP contribution < -0.4 is 9.47 Å². The summed E-state index contributed by atoms with van der Waals surface area (Å²) in [7, 11) is 0. The molecule has 0 aliphatic carbocycles. The number of alkyl halides is 1. The van der Waals surface area contributed by atoms with E-state index in [1.165, 1.54) is 0 Å². The van der Waals surface area contributed by atoms with Gasteiger partial charge in [0.25, 0.3) is 0 Å². The van der Waals surface area contributed by atoms with E-state index in [0.717, 1.165) is 17.5 Å². The van der Waals surface area contributed by atoms with Crippen molar-refractivity contribution in [1.82, 2.24) is 0 Å². The normalized spacial score (nSPS) is 12.8. The van der Waals surface area contributed by atoms with Crippen molar-refractivity contribution in [1.29, 1.82) is 0 Å². The van der Waals surface area contributed by atoms with E-state index in [9.17, 15) is 5.11 Å². The summed E-state index contributed by atoms with van der Waals surface area (Å²) in [6.07, 6.45) is 0.120. The van der Waals surface area contributed by atoms with Gasteiger partial charge in [-0.1, -0.05) is 49.2 Å². The van der Waals surface area contributed by atoms with Crippen LogP contribution in [0, 0.1) is 0 Å². The van der Waals surface area contributed by atoms with Crippen molar-refractivity contribution in [2.75, 3.05) is 25.7 Å². The number of benzene rings is 2. The highest BCUT2D eigenvalue weighted by molar-refractivity contribution is 6.37. The van der Waals surface area contributed by atoms with E-state index in [2.05, 4.69) is 13.8 Å². The Balaban J connectivity index is 2.08. The fraction of sp³-hybridized carbons (Fsp3) is 0.500. The first-order valence-electron chi connectivity index (χ1n) is 10.4. The van der Waals surface area contributed by atoms with E-state index < -0.39 is 6.10 Å². The molecule has 172 valence electrons. The van der Waals surface area contributed by atoms with Crippen LogP contribution in [0.4, 0.5) is 0 Å². The van der Waals surface area contributed by atoms with Crippen LogP contribution in [0.15, 0.2) is 36.4 Å². The van der Waals surface area contributed by atoms with Crippen LogP contribution in [0.1, 0.15) is 45.2 Å². The average Bonchev–Trinajstić information content (AvgIpc) is 2.72. The second kappa shape index (κ2) is 12.2. The zero-order valence-corrected chi connectivity index (χ0v) is 20.7. The fourth-order valence-corrected chi connectivity index (χ4v) is 3.67. The summed E-state index contributed by atoms with van der Waals surface area (Å²) in [5, 5.41) is 10.9. The van der Waals surface area contributed by atoms with Gasteiger partial charge in [0.1, 0.15) is 18.5 Å². The quantitative estimate of drug-likeness (QED) is 0.273.